The zero-order valence-corrected chi connectivity index (χ0v) is 18.2. The summed E-state index contributed by atoms with van der Waals surface area (Å²) in [6, 6.07) is 15.9. The highest BCUT2D eigenvalue weighted by Crippen LogP contribution is 2.43. The van der Waals surface area contributed by atoms with Crippen LogP contribution in [0.5, 0.6) is 0 Å². The normalized spacial score (nSPS) is 17.2. The van der Waals surface area contributed by atoms with E-state index in [1.54, 1.807) is 53.7 Å². The van der Waals surface area contributed by atoms with E-state index in [9.17, 15) is 14.0 Å². The van der Waals surface area contributed by atoms with Crippen molar-refractivity contribution in [2.75, 3.05) is 11.9 Å². The van der Waals surface area contributed by atoms with Gasteiger partial charge in [-0.1, -0.05) is 37.6 Å². The van der Waals surface area contributed by atoms with Crippen molar-refractivity contribution in [2.45, 2.75) is 31.7 Å². The lowest BCUT2D eigenvalue weighted by atomic mass is 9.79. The smallest absolute Gasteiger partial charge is 0.254 e. The van der Waals surface area contributed by atoms with Crippen molar-refractivity contribution in [1.29, 1.82) is 5.26 Å². The molecule has 1 aliphatic rings. The number of fused-ring (bicyclic) bond motifs is 1. The van der Waals surface area contributed by atoms with E-state index in [4.69, 9.17) is 5.26 Å². The molecule has 166 valence electrons. The van der Waals surface area contributed by atoms with Crippen LogP contribution in [0.4, 0.5) is 10.1 Å². The van der Waals surface area contributed by atoms with Gasteiger partial charge in [0.1, 0.15) is 11.9 Å². The molecule has 0 bridgehead atoms. The topological polar surface area (TPSA) is 86.1 Å². The van der Waals surface area contributed by atoms with Crippen molar-refractivity contribution in [2.24, 2.45) is 0 Å². The summed E-state index contributed by atoms with van der Waals surface area (Å²) < 4.78 is 13.8. The highest BCUT2D eigenvalue weighted by molar-refractivity contribution is 6.04. The van der Waals surface area contributed by atoms with Crippen molar-refractivity contribution >= 4 is 17.5 Å². The fraction of sp³-hybridized carbons (Fsp3) is 0.231. The van der Waals surface area contributed by atoms with Crippen LogP contribution in [0.2, 0.25) is 0 Å². The van der Waals surface area contributed by atoms with Gasteiger partial charge in [0.15, 0.2) is 0 Å². The summed E-state index contributed by atoms with van der Waals surface area (Å²) in [6.07, 6.45) is 5.02. The van der Waals surface area contributed by atoms with E-state index >= 15 is 0 Å². The number of nitrogens with one attached hydrogen (secondary N) is 1. The van der Waals surface area contributed by atoms with E-state index in [0.717, 1.165) is 24.5 Å². The van der Waals surface area contributed by atoms with Crippen molar-refractivity contribution in [1.82, 2.24) is 9.88 Å². The molecule has 1 aliphatic heterocycles. The summed E-state index contributed by atoms with van der Waals surface area (Å²) in [5.41, 5.74) is 2.04. The Labute approximate surface area is 191 Å². The Morgan fingerprint density at radius 1 is 1.21 bits per heavy atom. The van der Waals surface area contributed by atoms with E-state index in [0.29, 0.717) is 23.4 Å². The van der Waals surface area contributed by atoms with Gasteiger partial charge in [-0.2, -0.15) is 5.26 Å². The number of anilines is 1. The molecule has 1 N–H and O–H groups in total. The predicted octanol–water partition coefficient (Wildman–Crippen LogP) is 4.81. The second-order valence-corrected chi connectivity index (χ2v) is 7.94. The molecule has 0 saturated heterocycles. The van der Waals surface area contributed by atoms with Crippen LogP contribution in [0.25, 0.3) is 0 Å². The Morgan fingerprint density at radius 3 is 2.76 bits per heavy atom. The van der Waals surface area contributed by atoms with E-state index in [2.05, 4.69) is 10.3 Å². The average molecular weight is 442 g/mol. The van der Waals surface area contributed by atoms with Crippen LogP contribution >= 0.6 is 0 Å². The zero-order valence-electron chi connectivity index (χ0n) is 18.2. The molecule has 6 nitrogen and oxygen atoms in total. The maximum absolute atomic E-state index is 13.8. The number of halogens is 1. The minimum Gasteiger partial charge on any atom is -0.330 e. The molecule has 4 rings (SSSR count). The molecule has 33 heavy (non-hydrogen) atoms. The van der Waals surface area contributed by atoms with Crippen molar-refractivity contribution in [3.63, 3.8) is 0 Å². The van der Waals surface area contributed by atoms with Gasteiger partial charge in [0, 0.05) is 30.2 Å². The van der Waals surface area contributed by atoms with Crippen LogP contribution in [0.15, 0.2) is 67.0 Å². The number of carbonyl (C=O) groups is 2. The van der Waals surface area contributed by atoms with E-state index in [-0.39, 0.29) is 17.4 Å². The molecular weight excluding hydrogens is 419 g/mol. The molecule has 3 aromatic rings. The molecule has 0 spiro atoms. The van der Waals surface area contributed by atoms with Crippen molar-refractivity contribution in [3.8, 4) is 6.07 Å². The van der Waals surface area contributed by atoms with Crippen LogP contribution in [0, 0.1) is 17.1 Å². The molecule has 2 amide bonds. The summed E-state index contributed by atoms with van der Waals surface area (Å²) in [5, 5.41) is 12.0. The van der Waals surface area contributed by atoms with Crippen LogP contribution in [-0.4, -0.2) is 28.2 Å². The number of hydrogen-bond donors (Lipinski definition) is 1. The number of aromatic nitrogens is 1. The van der Waals surface area contributed by atoms with Gasteiger partial charge >= 0.3 is 0 Å². The lowest BCUT2D eigenvalue weighted by Gasteiger charge is -2.41. The molecule has 2 atom stereocenters. The highest BCUT2D eigenvalue weighted by Gasteiger charge is 2.44. The molecule has 0 aliphatic carbocycles. The van der Waals surface area contributed by atoms with Crippen LogP contribution in [-0.2, 0) is 4.79 Å². The number of amides is 2. The maximum Gasteiger partial charge on any atom is 0.254 e. The molecular formula is C26H23FN4O2. The molecule has 1 aromatic heterocycles. The Balaban J connectivity index is 1.81. The lowest BCUT2D eigenvalue weighted by molar-refractivity contribution is -0.119. The molecule has 0 fully saturated rings. The summed E-state index contributed by atoms with van der Waals surface area (Å²) in [6.45, 7) is 2.55. The SMILES string of the molecule is CCCCN1C(=O)c2ccccc2C(C(=O)Nc2ccc(F)c(C#N)c2)C1c1cccnc1. The second-order valence-electron chi connectivity index (χ2n) is 7.94. The van der Waals surface area contributed by atoms with Crippen molar-refractivity contribution < 1.29 is 14.0 Å². The van der Waals surface area contributed by atoms with E-state index < -0.39 is 17.8 Å². The Morgan fingerprint density at radius 2 is 2.03 bits per heavy atom. The van der Waals surface area contributed by atoms with Gasteiger partial charge in [-0.15, -0.1) is 0 Å². The monoisotopic (exact) mass is 442 g/mol. The first-order valence-corrected chi connectivity index (χ1v) is 10.9. The Kier molecular flexibility index (Phi) is 6.45. The number of pyridine rings is 1. The maximum atomic E-state index is 13.8. The lowest BCUT2D eigenvalue weighted by Crippen LogP contribution is -2.46. The number of rotatable bonds is 6. The van der Waals surface area contributed by atoms with Crippen LogP contribution < -0.4 is 5.32 Å². The fourth-order valence-electron chi connectivity index (χ4n) is 4.28. The number of hydrogen-bond acceptors (Lipinski definition) is 4. The highest BCUT2D eigenvalue weighted by atomic mass is 19.1. The van der Waals surface area contributed by atoms with Crippen LogP contribution in [0.1, 0.15) is 58.8 Å². The predicted molar refractivity (Wildman–Crippen MR) is 122 cm³/mol. The second kappa shape index (κ2) is 9.61. The number of benzene rings is 2. The molecule has 2 unspecified atom stereocenters. The summed E-state index contributed by atoms with van der Waals surface area (Å²) in [5.74, 6) is -1.83. The summed E-state index contributed by atoms with van der Waals surface area (Å²) >= 11 is 0. The van der Waals surface area contributed by atoms with Crippen molar-refractivity contribution in [3.05, 3.63) is 95.1 Å². The first-order chi connectivity index (χ1) is 16.0. The molecule has 7 heteroatoms. The minimum absolute atomic E-state index is 0.120. The summed E-state index contributed by atoms with van der Waals surface area (Å²) in [7, 11) is 0. The fourth-order valence-corrected chi connectivity index (χ4v) is 4.28. The first-order valence-electron chi connectivity index (χ1n) is 10.9. The van der Waals surface area contributed by atoms with Gasteiger partial charge in [-0.25, -0.2) is 4.39 Å². The summed E-state index contributed by atoms with van der Waals surface area (Å²) in [4.78, 5) is 33.1. The van der Waals surface area contributed by atoms with Gasteiger partial charge in [0.2, 0.25) is 5.91 Å². The third-order valence-corrected chi connectivity index (χ3v) is 5.85. The quantitative estimate of drug-likeness (QED) is 0.593. The van der Waals surface area contributed by atoms with E-state index in [1.165, 1.54) is 12.1 Å². The molecule has 0 saturated carbocycles. The number of carbonyl (C=O) groups excluding carboxylic acids is 2. The van der Waals surface area contributed by atoms with Gasteiger partial charge in [0.25, 0.3) is 5.91 Å². The number of nitrogens with zero attached hydrogens (tertiary/aromatic N) is 3. The van der Waals surface area contributed by atoms with E-state index in [1.807, 2.05) is 13.0 Å². The first kappa shape index (κ1) is 22.2. The largest absolute Gasteiger partial charge is 0.330 e. The molecule has 0 radical (unpaired) electrons. The Bertz CT molecular complexity index is 1220. The van der Waals surface area contributed by atoms with Gasteiger partial charge < -0.3 is 10.2 Å². The van der Waals surface area contributed by atoms with Gasteiger partial charge in [-0.3, -0.25) is 14.6 Å². The third-order valence-electron chi connectivity index (χ3n) is 5.85. The van der Waals surface area contributed by atoms with Gasteiger partial charge in [-0.05, 0) is 47.9 Å². The number of nitriles is 1. The Hall–Kier alpha value is -4.05. The zero-order chi connectivity index (χ0) is 23.4. The standard InChI is InChI=1S/C26H23FN4O2/c1-2-3-13-31-24(17-7-6-12-29-16-17)23(20-8-4-5-9-21(20)26(31)33)25(32)30-19-10-11-22(27)18(14-19)15-28/h4-12,14,16,23-24H,2-3,13H2,1H3,(H,30,32). The number of unbranched alkanes of at least 4 members (excludes halogenated alkanes) is 1. The molecule has 2 heterocycles. The van der Waals surface area contributed by atoms with Gasteiger partial charge in [0.05, 0.1) is 17.5 Å². The molecule has 2 aromatic carbocycles. The minimum atomic E-state index is -0.712. The third kappa shape index (κ3) is 4.33. The average Bonchev–Trinajstić information content (AvgIpc) is 2.85. The van der Waals surface area contributed by atoms with Crippen LogP contribution in [0.3, 0.4) is 0 Å².